The summed E-state index contributed by atoms with van der Waals surface area (Å²) in [5.41, 5.74) is 0. The molecule has 0 unspecified atom stereocenters. The molecule has 0 aromatic carbocycles. The molecule has 0 aliphatic heterocycles. The lowest BCUT2D eigenvalue weighted by Crippen LogP contribution is -2.37. The van der Waals surface area contributed by atoms with Crippen molar-refractivity contribution in [2.24, 2.45) is 0 Å². The fraction of sp³-hybridized carbons (Fsp3) is 1.00. The Bertz CT molecular complexity index is 166. The molecule has 0 aliphatic carbocycles. The molecule has 0 spiro atoms. The Balaban J connectivity index is 4.22. The maximum absolute atomic E-state index is 6.04. The van der Waals surface area contributed by atoms with Gasteiger partial charge in [-0.15, -0.1) is 0 Å². The summed E-state index contributed by atoms with van der Waals surface area (Å²) in [6, 6.07) is 4.09. The molecule has 0 aliphatic rings. The molecule has 0 fully saturated rings. The summed E-state index contributed by atoms with van der Waals surface area (Å²) in [4.78, 5) is 2.29. The lowest BCUT2D eigenvalue weighted by Gasteiger charge is -2.30. The number of unbranched alkanes of at least 4 members (excludes halogenated alkanes) is 2. The minimum Gasteiger partial charge on any atom is -0.420 e. The molecule has 0 atom stereocenters. The fourth-order valence-corrected chi connectivity index (χ4v) is 6.56. The molecule has 0 bridgehead atoms. The highest BCUT2D eigenvalue weighted by molar-refractivity contribution is 6.73. The van der Waals surface area contributed by atoms with Crippen LogP contribution < -0.4 is 0 Å². The predicted molar refractivity (Wildman–Crippen MR) is 80.2 cm³/mol. The Morgan fingerprint density at radius 3 is 1.71 bits per heavy atom. The number of hydrogen-bond acceptors (Lipinski definition) is 2. The molecule has 17 heavy (non-hydrogen) atoms. The van der Waals surface area contributed by atoms with Crippen LogP contribution in [0.1, 0.15) is 46.0 Å². The molecule has 0 saturated carbocycles. The topological polar surface area (TPSA) is 12.5 Å². The van der Waals surface area contributed by atoms with Crippen LogP contribution in [0, 0.1) is 0 Å². The molecule has 0 N–H and O–H groups in total. The lowest BCUT2D eigenvalue weighted by atomic mass is 10.4. The maximum atomic E-state index is 6.04. The summed E-state index contributed by atoms with van der Waals surface area (Å²) in [7, 11) is 4.88. The van der Waals surface area contributed by atoms with E-state index in [0.717, 1.165) is 0 Å². The van der Waals surface area contributed by atoms with Crippen molar-refractivity contribution in [1.82, 2.24) is 4.90 Å². The van der Waals surface area contributed by atoms with Gasteiger partial charge in [-0.1, -0.05) is 39.5 Å². The Morgan fingerprint density at radius 1 is 0.882 bits per heavy atom. The third-order valence-electron chi connectivity index (χ3n) is 3.64. The van der Waals surface area contributed by atoms with Crippen LogP contribution in [0.2, 0.25) is 18.1 Å². The fourth-order valence-electron chi connectivity index (χ4n) is 2.40. The van der Waals surface area contributed by atoms with Gasteiger partial charge in [0.05, 0.1) is 0 Å². The van der Waals surface area contributed by atoms with E-state index in [2.05, 4.69) is 32.8 Å². The first kappa shape index (κ1) is 17.1. The number of hydrogen-bond donors (Lipinski definition) is 0. The normalized spacial score (nSPS) is 12.4. The molecule has 2 nitrogen and oxygen atoms in total. The summed E-state index contributed by atoms with van der Waals surface area (Å²) in [6.07, 6.45) is 6.62. The van der Waals surface area contributed by atoms with E-state index in [-0.39, 0.29) is 0 Å². The van der Waals surface area contributed by atoms with E-state index in [0.29, 0.717) is 0 Å². The van der Waals surface area contributed by atoms with Gasteiger partial charge in [0.2, 0.25) is 0 Å². The van der Waals surface area contributed by atoms with Crippen molar-refractivity contribution in [1.29, 1.82) is 0 Å². The van der Waals surface area contributed by atoms with Crippen LogP contribution in [-0.2, 0) is 4.43 Å². The van der Waals surface area contributed by atoms with Crippen molar-refractivity contribution in [3.8, 4) is 0 Å². The van der Waals surface area contributed by atoms with Crippen LogP contribution in [0.25, 0.3) is 0 Å². The summed E-state index contributed by atoms with van der Waals surface area (Å²) in [5, 5.41) is 0. The highest BCUT2D eigenvalue weighted by atomic mass is 28.4. The largest absolute Gasteiger partial charge is 0.420 e. The Kier molecular flexibility index (Phi) is 10.2. The van der Waals surface area contributed by atoms with Gasteiger partial charge < -0.3 is 9.33 Å². The summed E-state index contributed by atoms with van der Waals surface area (Å²) < 4.78 is 6.04. The van der Waals surface area contributed by atoms with Crippen molar-refractivity contribution in [2.75, 3.05) is 27.7 Å². The first-order valence-electron chi connectivity index (χ1n) is 7.30. The molecule has 0 aromatic heterocycles. The van der Waals surface area contributed by atoms with Gasteiger partial charge in [0, 0.05) is 7.11 Å². The second kappa shape index (κ2) is 10.1. The van der Waals surface area contributed by atoms with Crippen molar-refractivity contribution in [3.05, 3.63) is 0 Å². The van der Waals surface area contributed by atoms with Crippen molar-refractivity contribution >= 4 is 8.32 Å². The van der Waals surface area contributed by atoms with Gasteiger partial charge in [-0.05, 0) is 45.2 Å². The summed E-state index contributed by atoms with van der Waals surface area (Å²) in [5.74, 6) is 0. The van der Waals surface area contributed by atoms with E-state index in [9.17, 15) is 0 Å². The van der Waals surface area contributed by atoms with Gasteiger partial charge in [-0.3, -0.25) is 0 Å². The van der Waals surface area contributed by atoms with Gasteiger partial charge in [-0.2, -0.15) is 0 Å². The molecule has 0 amide bonds. The number of nitrogens with zero attached hydrogens (tertiary/aromatic N) is 1. The SMILES string of the molecule is CCCC[Si](CCCC)(CCCN(C)C)OC. The van der Waals surface area contributed by atoms with Crippen LogP contribution in [0.3, 0.4) is 0 Å². The predicted octanol–water partition coefficient (Wildman–Crippen LogP) is 4.13. The Labute approximate surface area is 110 Å². The third-order valence-corrected chi connectivity index (χ3v) is 8.30. The summed E-state index contributed by atoms with van der Waals surface area (Å²) >= 11 is 0. The summed E-state index contributed by atoms with van der Waals surface area (Å²) in [6.45, 7) is 5.78. The third kappa shape index (κ3) is 7.95. The van der Waals surface area contributed by atoms with E-state index < -0.39 is 8.32 Å². The zero-order valence-corrected chi connectivity index (χ0v) is 13.7. The molecule has 0 radical (unpaired) electrons. The zero-order valence-electron chi connectivity index (χ0n) is 12.7. The highest BCUT2D eigenvalue weighted by Gasteiger charge is 2.31. The maximum Gasteiger partial charge on any atom is 0.192 e. The van der Waals surface area contributed by atoms with Crippen LogP contribution in [0.15, 0.2) is 0 Å². The van der Waals surface area contributed by atoms with Crippen molar-refractivity contribution < 1.29 is 4.43 Å². The minimum atomic E-state index is -1.40. The van der Waals surface area contributed by atoms with Gasteiger partial charge in [0.15, 0.2) is 8.32 Å². The van der Waals surface area contributed by atoms with E-state index in [1.807, 2.05) is 7.11 Å². The average Bonchev–Trinajstić information content (AvgIpc) is 2.32. The van der Waals surface area contributed by atoms with E-state index >= 15 is 0 Å². The molecule has 0 rings (SSSR count). The van der Waals surface area contributed by atoms with Gasteiger partial charge in [0.1, 0.15) is 0 Å². The van der Waals surface area contributed by atoms with E-state index in [1.165, 1.54) is 56.8 Å². The van der Waals surface area contributed by atoms with Gasteiger partial charge >= 0.3 is 0 Å². The lowest BCUT2D eigenvalue weighted by molar-refractivity contribution is 0.369. The Morgan fingerprint density at radius 2 is 1.35 bits per heavy atom. The quantitative estimate of drug-likeness (QED) is 0.517. The van der Waals surface area contributed by atoms with Crippen LogP contribution in [0.5, 0.6) is 0 Å². The average molecular weight is 260 g/mol. The molecule has 0 heterocycles. The zero-order chi connectivity index (χ0) is 13.1. The highest BCUT2D eigenvalue weighted by Crippen LogP contribution is 2.28. The minimum absolute atomic E-state index is 1.20. The van der Waals surface area contributed by atoms with Crippen molar-refractivity contribution in [3.63, 3.8) is 0 Å². The molecule has 0 saturated heterocycles. The van der Waals surface area contributed by atoms with Gasteiger partial charge in [0.25, 0.3) is 0 Å². The second-order valence-corrected chi connectivity index (χ2v) is 9.78. The first-order chi connectivity index (χ1) is 8.10. The second-order valence-electron chi connectivity index (χ2n) is 5.50. The molecule has 3 heteroatoms. The smallest absolute Gasteiger partial charge is 0.192 e. The van der Waals surface area contributed by atoms with Gasteiger partial charge in [-0.25, -0.2) is 0 Å². The van der Waals surface area contributed by atoms with Crippen molar-refractivity contribution in [2.45, 2.75) is 64.1 Å². The van der Waals surface area contributed by atoms with Crippen LogP contribution in [0.4, 0.5) is 0 Å². The van der Waals surface area contributed by atoms with E-state index in [1.54, 1.807) is 0 Å². The Hall–Kier alpha value is 0.137. The molecular weight excluding hydrogens is 226 g/mol. The first-order valence-corrected chi connectivity index (χ1v) is 9.83. The van der Waals surface area contributed by atoms with E-state index in [4.69, 9.17) is 4.43 Å². The molecular formula is C14H33NOSi. The number of rotatable bonds is 11. The standard InChI is InChI=1S/C14H33NOSi/c1-6-8-12-17(16-5,13-9-7-2)14-10-11-15(3)4/h6-14H2,1-5H3. The van der Waals surface area contributed by atoms with Crippen LogP contribution in [-0.4, -0.2) is 41.0 Å². The monoisotopic (exact) mass is 259 g/mol. The molecule has 104 valence electrons. The van der Waals surface area contributed by atoms with Crippen LogP contribution >= 0.6 is 0 Å². The molecule has 0 aromatic rings.